The van der Waals surface area contributed by atoms with Crippen molar-refractivity contribution in [1.29, 1.82) is 0 Å². The van der Waals surface area contributed by atoms with Crippen molar-refractivity contribution in [3.8, 4) is 0 Å². The fourth-order valence-electron chi connectivity index (χ4n) is 2.25. The topological polar surface area (TPSA) is 57.6 Å². The number of hydrogen-bond donors (Lipinski definition) is 1. The van der Waals surface area contributed by atoms with Gasteiger partial charge < -0.3 is 10.0 Å². The average Bonchev–Trinajstić information content (AvgIpc) is 2.40. The Balaban J connectivity index is 2.31. The quantitative estimate of drug-likeness (QED) is 0.907. The number of hydrogen-bond acceptors (Lipinski definition) is 2. The highest BCUT2D eigenvalue weighted by molar-refractivity contribution is 9.10. The summed E-state index contributed by atoms with van der Waals surface area (Å²) in [6, 6.07) is 2.99. The van der Waals surface area contributed by atoms with Gasteiger partial charge in [-0.2, -0.15) is 0 Å². The van der Waals surface area contributed by atoms with Crippen molar-refractivity contribution in [1.82, 2.24) is 4.90 Å². The van der Waals surface area contributed by atoms with E-state index in [1.807, 2.05) is 0 Å². The molecule has 1 amide bonds. The van der Waals surface area contributed by atoms with Gasteiger partial charge in [-0.05, 0) is 53.4 Å². The predicted octanol–water partition coefficient (Wildman–Crippen LogP) is 2.67. The highest BCUT2D eigenvalue weighted by Crippen LogP contribution is 2.24. The summed E-state index contributed by atoms with van der Waals surface area (Å²) in [5.41, 5.74) is 0.160. The summed E-state index contributed by atoms with van der Waals surface area (Å²) in [7, 11) is 0. The van der Waals surface area contributed by atoms with Crippen molar-refractivity contribution in [2.45, 2.75) is 25.3 Å². The number of carboxylic acids is 1. The van der Waals surface area contributed by atoms with Crippen LogP contribution < -0.4 is 0 Å². The maximum Gasteiger partial charge on any atom is 0.326 e. The number of piperidine rings is 1. The maximum absolute atomic E-state index is 13.2. The largest absolute Gasteiger partial charge is 0.480 e. The van der Waals surface area contributed by atoms with Crippen LogP contribution in [0.5, 0.6) is 0 Å². The molecule has 102 valence electrons. The highest BCUT2D eigenvalue weighted by atomic mass is 79.9. The van der Waals surface area contributed by atoms with Gasteiger partial charge in [0.05, 0.1) is 5.56 Å². The number of benzene rings is 1. The number of carbonyl (C=O) groups excluding carboxylic acids is 1. The minimum Gasteiger partial charge on any atom is -0.480 e. The Labute approximate surface area is 118 Å². The monoisotopic (exact) mass is 329 g/mol. The lowest BCUT2D eigenvalue weighted by Gasteiger charge is -2.33. The van der Waals surface area contributed by atoms with E-state index in [4.69, 9.17) is 5.11 Å². The molecule has 1 saturated heterocycles. The lowest BCUT2D eigenvalue weighted by atomic mass is 10.0. The number of carboxylic acid groups (broad SMARTS) is 1. The van der Waals surface area contributed by atoms with Crippen LogP contribution >= 0.6 is 15.9 Å². The summed E-state index contributed by atoms with van der Waals surface area (Å²) in [4.78, 5) is 24.8. The average molecular weight is 330 g/mol. The molecule has 1 aromatic rings. The molecule has 1 aromatic carbocycles. The molecule has 1 aliphatic rings. The molecule has 4 nitrogen and oxygen atoms in total. The first kappa shape index (κ1) is 14.0. The zero-order valence-electron chi connectivity index (χ0n) is 10.1. The van der Waals surface area contributed by atoms with Crippen LogP contribution in [0.2, 0.25) is 0 Å². The Kier molecular flexibility index (Phi) is 4.19. The van der Waals surface area contributed by atoms with E-state index in [2.05, 4.69) is 15.9 Å². The molecular weight excluding hydrogens is 317 g/mol. The van der Waals surface area contributed by atoms with Gasteiger partial charge >= 0.3 is 5.97 Å². The van der Waals surface area contributed by atoms with Crippen LogP contribution in [-0.2, 0) is 4.79 Å². The second-order valence-electron chi connectivity index (χ2n) is 4.47. The third-order valence-electron chi connectivity index (χ3n) is 3.21. The number of aliphatic carboxylic acids is 1. The van der Waals surface area contributed by atoms with Crippen LogP contribution in [0.3, 0.4) is 0 Å². The molecule has 0 radical (unpaired) electrons. The maximum atomic E-state index is 13.2. The fraction of sp³-hybridized carbons (Fsp3) is 0.385. The van der Waals surface area contributed by atoms with Crippen LogP contribution in [0, 0.1) is 5.82 Å². The van der Waals surface area contributed by atoms with Crippen molar-refractivity contribution in [3.05, 3.63) is 34.1 Å². The van der Waals surface area contributed by atoms with Gasteiger partial charge in [0.1, 0.15) is 11.9 Å². The smallest absolute Gasteiger partial charge is 0.326 e. The molecule has 2 rings (SSSR count). The minimum absolute atomic E-state index is 0.160. The van der Waals surface area contributed by atoms with Gasteiger partial charge in [0, 0.05) is 11.0 Å². The molecule has 1 atom stereocenters. The molecule has 0 aliphatic carbocycles. The Hall–Kier alpha value is -1.43. The Morgan fingerprint density at radius 2 is 2.11 bits per heavy atom. The third-order valence-corrected chi connectivity index (χ3v) is 3.90. The van der Waals surface area contributed by atoms with E-state index in [9.17, 15) is 14.0 Å². The number of amides is 1. The summed E-state index contributed by atoms with van der Waals surface area (Å²) < 4.78 is 13.7. The summed E-state index contributed by atoms with van der Waals surface area (Å²) in [5, 5.41) is 9.15. The van der Waals surface area contributed by atoms with Crippen LogP contribution in [0.25, 0.3) is 0 Å². The van der Waals surface area contributed by atoms with Gasteiger partial charge in [-0.25, -0.2) is 9.18 Å². The molecule has 6 heteroatoms. The molecule has 0 aromatic heterocycles. The third kappa shape index (κ3) is 2.94. The second kappa shape index (κ2) is 5.69. The van der Waals surface area contributed by atoms with Gasteiger partial charge in [0.2, 0.25) is 0 Å². The first-order valence-electron chi connectivity index (χ1n) is 5.99. The SMILES string of the molecule is O=C(O)C1CCCCN1C(=O)c1cc(F)ccc1Br. The number of nitrogens with zero attached hydrogens (tertiary/aromatic N) is 1. The van der Waals surface area contributed by atoms with E-state index in [0.717, 1.165) is 18.9 Å². The van der Waals surface area contributed by atoms with Crippen LogP contribution in [0.15, 0.2) is 22.7 Å². The Bertz CT molecular complexity index is 521. The summed E-state index contributed by atoms with van der Waals surface area (Å²) in [6.07, 6.45) is 1.99. The van der Waals surface area contributed by atoms with E-state index in [1.54, 1.807) is 0 Å². The zero-order valence-corrected chi connectivity index (χ0v) is 11.7. The minimum atomic E-state index is -1.01. The summed E-state index contributed by atoms with van der Waals surface area (Å²) >= 11 is 3.19. The molecule has 1 heterocycles. The lowest BCUT2D eigenvalue weighted by Crippen LogP contribution is -2.48. The van der Waals surface area contributed by atoms with Gasteiger partial charge in [-0.1, -0.05) is 0 Å². The standard InChI is InChI=1S/C13H13BrFNO3/c14-10-5-4-8(15)7-9(10)12(17)16-6-2-1-3-11(16)13(18)19/h4-5,7,11H,1-3,6H2,(H,18,19). The normalized spacial score (nSPS) is 19.3. The Morgan fingerprint density at radius 1 is 1.37 bits per heavy atom. The van der Waals surface area contributed by atoms with E-state index in [1.165, 1.54) is 17.0 Å². The first-order chi connectivity index (χ1) is 9.00. The molecule has 0 bridgehead atoms. The molecule has 1 aliphatic heterocycles. The number of rotatable bonds is 2. The van der Waals surface area contributed by atoms with E-state index >= 15 is 0 Å². The van der Waals surface area contributed by atoms with E-state index < -0.39 is 23.7 Å². The molecular formula is C13H13BrFNO3. The zero-order chi connectivity index (χ0) is 14.0. The molecule has 1 N–H and O–H groups in total. The van der Waals surface area contributed by atoms with Crippen LogP contribution in [-0.4, -0.2) is 34.5 Å². The van der Waals surface area contributed by atoms with E-state index in [0.29, 0.717) is 17.4 Å². The van der Waals surface area contributed by atoms with Crippen LogP contribution in [0.4, 0.5) is 4.39 Å². The van der Waals surface area contributed by atoms with E-state index in [-0.39, 0.29) is 5.56 Å². The summed E-state index contributed by atoms with van der Waals surface area (Å²) in [5.74, 6) is -1.98. The fourth-order valence-corrected chi connectivity index (χ4v) is 2.66. The van der Waals surface area contributed by atoms with Crippen molar-refractivity contribution < 1.29 is 19.1 Å². The highest BCUT2D eigenvalue weighted by Gasteiger charge is 2.33. The van der Waals surface area contributed by atoms with Crippen molar-refractivity contribution in [3.63, 3.8) is 0 Å². The van der Waals surface area contributed by atoms with Gasteiger partial charge in [0.25, 0.3) is 5.91 Å². The first-order valence-corrected chi connectivity index (χ1v) is 6.79. The molecule has 1 unspecified atom stereocenters. The van der Waals surface area contributed by atoms with Crippen LogP contribution in [0.1, 0.15) is 29.6 Å². The molecule has 1 fully saturated rings. The lowest BCUT2D eigenvalue weighted by molar-refractivity contribution is -0.143. The molecule has 0 spiro atoms. The predicted molar refractivity (Wildman–Crippen MR) is 70.4 cm³/mol. The number of carbonyl (C=O) groups is 2. The Morgan fingerprint density at radius 3 is 2.79 bits per heavy atom. The summed E-state index contributed by atoms with van der Waals surface area (Å²) in [6.45, 7) is 0.388. The number of halogens is 2. The molecule has 0 saturated carbocycles. The van der Waals surface area contributed by atoms with Gasteiger partial charge in [-0.15, -0.1) is 0 Å². The van der Waals surface area contributed by atoms with Crippen molar-refractivity contribution in [2.75, 3.05) is 6.54 Å². The van der Waals surface area contributed by atoms with Gasteiger partial charge in [-0.3, -0.25) is 4.79 Å². The van der Waals surface area contributed by atoms with Crippen molar-refractivity contribution >= 4 is 27.8 Å². The molecule has 19 heavy (non-hydrogen) atoms. The second-order valence-corrected chi connectivity index (χ2v) is 5.33. The van der Waals surface area contributed by atoms with Crippen molar-refractivity contribution in [2.24, 2.45) is 0 Å². The number of likely N-dealkylation sites (tertiary alicyclic amines) is 1. The van der Waals surface area contributed by atoms with Gasteiger partial charge in [0.15, 0.2) is 0 Å².